The van der Waals surface area contributed by atoms with Crippen LogP contribution in [0.4, 0.5) is 5.69 Å². The molecule has 1 aliphatic heterocycles. The first-order chi connectivity index (χ1) is 14.5. The van der Waals surface area contributed by atoms with E-state index in [4.69, 9.17) is 5.14 Å². The zero-order valence-electron chi connectivity index (χ0n) is 17.5. The number of primary sulfonamides is 1. The number of rotatable bonds is 6. The molecule has 168 valence electrons. The standard InChI is InChI=1S/C21H27N3O5S2/c1-3-16-7-10-18(14-20(16)30(22,26)27)23-21(25)17-8-11-19(12-9-17)31(28,29)24-13-5-4-6-15(24)2/h7-12,14-15H,3-6,13H2,1-2H3,(H,23,25)(H2,22,26,27). The van der Waals surface area contributed by atoms with Crippen molar-refractivity contribution >= 4 is 31.6 Å². The summed E-state index contributed by atoms with van der Waals surface area (Å²) in [5.74, 6) is -0.486. The van der Waals surface area contributed by atoms with Crippen molar-refractivity contribution in [2.45, 2.75) is 55.4 Å². The van der Waals surface area contributed by atoms with Gasteiger partial charge in [0.15, 0.2) is 0 Å². The van der Waals surface area contributed by atoms with Gasteiger partial charge in [-0.3, -0.25) is 4.79 Å². The normalized spacial score (nSPS) is 18.0. The highest BCUT2D eigenvalue weighted by atomic mass is 32.2. The van der Waals surface area contributed by atoms with Crippen molar-refractivity contribution in [1.29, 1.82) is 0 Å². The van der Waals surface area contributed by atoms with Crippen LogP contribution in [0.25, 0.3) is 0 Å². The predicted octanol–water partition coefficient (Wildman–Crippen LogP) is 2.71. The Morgan fingerprint density at radius 3 is 2.35 bits per heavy atom. The molecule has 1 amide bonds. The summed E-state index contributed by atoms with van der Waals surface area (Å²) in [4.78, 5) is 12.7. The zero-order valence-corrected chi connectivity index (χ0v) is 19.2. The Labute approximate surface area is 183 Å². The van der Waals surface area contributed by atoms with Gasteiger partial charge in [0.2, 0.25) is 20.0 Å². The highest BCUT2D eigenvalue weighted by Crippen LogP contribution is 2.26. The zero-order chi connectivity index (χ0) is 22.8. The van der Waals surface area contributed by atoms with Crippen LogP contribution in [-0.4, -0.2) is 39.6 Å². The van der Waals surface area contributed by atoms with E-state index in [2.05, 4.69) is 5.32 Å². The van der Waals surface area contributed by atoms with Crippen molar-refractivity contribution in [3.63, 3.8) is 0 Å². The fraction of sp³-hybridized carbons (Fsp3) is 0.381. The number of benzene rings is 2. The second-order valence-corrected chi connectivity index (χ2v) is 11.1. The summed E-state index contributed by atoms with van der Waals surface area (Å²) in [7, 11) is -7.55. The van der Waals surface area contributed by atoms with Gasteiger partial charge < -0.3 is 5.32 Å². The number of nitrogens with zero attached hydrogens (tertiary/aromatic N) is 1. The molecule has 31 heavy (non-hydrogen) atoms. The molecule has 1 unspecified atom stereocenters. The van der Waals surface area contributed by atoms with Gasteiger partial charge in [0.25, 0.3) is 5.91 Å². The Hall–Kier alpha value is -2.27. The van der Waals surface area contributed by atoms with Crippen molar-refractivity contribution in [1.82, 2.24) is 4.31 Å². The summed E-state index contributed by atoms with van der Waals surface area (Å²) in [5.41, 5.74) is 1.09. The Bertz CT molecular complexity index is 1180. The van der Waals surface area contributed by atoms with E-state index in [-0.39, 0.29) is 27.1 Å². The first kappa shape index (κ1) is 23.4. The van der Waals surface area contributed by atoms with E-state index in [1.807, 2.05) is 13.8 Å². The van der Waals surface area contributed by atoms with Crippen molar-refractivity contribution in [2.24, 2.45) is 5.14 Å². The van der Waals surface area contributed by atoms with E-state index in [1.165, 1.54) is 34.6 Å². The third-order valence-corrected chi connectivity index (χ3v) is 8.50. The number of amides is 1. The molecule has 3 rings (SSSR count). The lowest BCUT2D eigenvalue weighted by molar-refractivity contribution is 0.102. The molecular weight excluding hydrogens is 438 g/mol. The monoisotopic (exact) mass is 465 g/mol. The van der Waals surface area contributed by atoms with Crippen molar-refractivity contribution in [3.05, 3.63) is 53.6 Å². The van der Waals surface area contributed by atoms with E-state index < -0.39 is 26.0 Å². The predicted molar refractivity (Wildman–Crippen MR) is 119 cm³/mol. The molecular formula is C21H27N3O5S2. The molecule has 8 nitrogen and oxygen atoms in total. The first-order valence-corrected chi connectivity index (χ1v) is 13.1. The molecule has 1 aliphatic rings. The molecule has 0 saturated carbocycles. The van der Waals surface area contributed by atoms with Gasteiger partial charge >= 0.3 is 0 Å². The Morgan fingerprint density at radius 1 is 1.10 bits per heavy atom. The molecule has 0 bridgehead atoms. The van der Waals surface area contributed by atoms with Crippen LogP contribution >= 0.6 is 0 Å². The van der Waals surface area contributed by atoms with Gasteiger partial charge in [-0.25, -0.2) is 22.0 Å². The minimum absolute atomic E-state index is 0.0371. The average Bonchev–Trinajstić information content (AvgIpc) is 2.73. The number of sulfonamides is 2. The maximum atomic E-state index is 12.9. The molecule has 1 fully saturated rings. The quantitative estimate of drug-likeness (QED) is 0.678. The van der Waals surface area contributed by atoms with Crippen LogP contribution in [0, 0.1) is 0 Å². The fourth-order valence-corrected chi connectivity index (χ4v) is 6.30. The van der Waals surface area contributed by atoms with Gasteiger partial charge in [0.1, 0.15) is 0 Å². The number of nitrogens with one attached hydrogen (secondary N) is 1. The molecule has 1 atom stereocenters. The third kappa shape index (κ3) is 5.15. The van der Waals surface area contributed by atoms with Gasteiger partial charge in [-0.15, -0.1) is 0 Å². The number of nitrogens with two attached hydrogens (primary N) is 1. The molecule has 0 aliphatic carbocycles. The summed E-state index contributed by atoms with van der Waals surface area (Å²) in [6.07, 6.45) is 3.16. The lowest BCUT2D eigenvalue weighted by Crippen LogP contribution is -2.41. The van der Waals surface area contributed by atoms with Gasteiger partial charge in [-0.2, -0.15) is 4.31 Å². The van der Waals surface area contributed by atoms with E-state index in [0.29, 0.717) is 18.5 Å². The molecule has 3 N–H and O–H groups in total. The number of piperidine rings is 1. The molecule has 0 spiro atoms. The Morgan fingerprint density at radius 2 is 1.77 bits per heavy atom. The lowest BCUT2D eigenvalue weighted by Gasteiger charge is -2.32. The van der Waals surface area contributed by atoms with Crippen LogP contribution in [0.15, 0.2) is 52.3 Å². The summed E-state index contributed by atoms with van der Waals surface area (Å²) >= 11 is 0. The topological polar surface area (TPSA) is 127 Å². The molecule has 0 aromatic heterocycles. The number of hydrogen-bond acceptors (Lipinski definition) is 5. The van der Waals surface area contributed by atoms with Gasteiger partial charge in [0.05, 0.1) is 9.79 Å². The maximum Gasteiger partial charge on any atom is 0.255 e. The summed E-state index contributed by atoms with van der Waals surface area (Å²) in [5, 5.41) is 7.90. The van der Waals surface area contributed by atoms with Crippen LogP contribution in [0.1, 0.15) is 49.0 Å². The highest BCUT2D eigenvalue weighted by Gasteiger charge is 2.30. The summed E-state index contributed by atoms with van der Waals surface area (Å²) < 4.78 is 51.0. The second kappa shape index (κ2) is 9.07. The first-order valence-electron chi connectivity index (χ1n) is 10.1. The van der Waals surface area contributed by atoms with E-state index in [0.717, 1.165) is 19.3 Å². The largest absolute Gasteiger partial charge is 0.322 e. The maximum absolute atomic E-state index is 12.9. The van der Waals surface area contributed by atoms with E-state index >= 15 is 0 Å². The van der Waals surface area contributed by atoms with Crippen molar-refractivity contribution in [2.75, 3.05) is 11.9 Å². The number of hydrogen-bond donors (Lipinski definition) is 2. The van der Waals surface area contributed by atoms with Gasteiger partial charge in [-0.1, -0.05) is 19.4 Å². The van der Waals surface area contributed by atoms with E-state index in [9.17, 15) is 21.6 Å². The van der Waals surface area contributed by atoms with Crippen LogP contribution in [0.3, 0.4) is 0 Å². The van der Waals surface area contributed by atoms with Gasteiger partial charge in [0, 0.05) is 23.8 Å². The summed E-state index contributed by atoms with van der Waals surface area (Å²) in [6, 6.07) is 10.2. The van der Waals surface area contributed by atoms with Crippen molar-refractivity contribution < 1.29 is 21.6 Å². The summed E-state index contributed by atoms with van der Waals surface area (Å²) in [6.45, 7) is 4.20. The van der Waals surface area contributed by atoms with Crippen LogP contribution in [0.5, 0.6) is 0 Å². The smallest absolute Gasteiger partial charge is 0.255 e. The molecule has 10 heteroatoms. The lowest BCUT2D eigenvalue weighted by atomic mass is 10.1. The molecule has 0 radical (unpaired) electrons. The van der Waals surface area contributed by atoms with E-state index in [1.54, 1.807) is 12.1 Å². The minimum atomic E-state index is -3.93. The average molecular weight is 466 g/mol. The van der Waals surface area contributed by atoms with Crippen LogP contribution in [0.2, 0.25) is 0 Å². The number of anilines is 1. The van der Waals surface area contributed by atoms with Crippen molar-refractivity contribution in [3.8, 4) is 0 Å². The van der Waals surface area contributed by atoms with Crippen LogP contribution in [-0.2, 0) is 26.5 Å². The number of carbonyl (C=O) groups excluding carboxylic acids is 1. The Kier molecular flexibility index (Phi) is 6.85. The number of aryl methyl sites for hydroxylation is 1. The highest BCUT2D eigenvalue weighted by molar-refractivity contribution is 7.89. The van der Waals surface area contributed by atoms with Gasteiger partial charge in [-0.05, 0) is 68.1 Å². The number of carbonyl (C=O) groups is 1. The third-order valence-electron chi connectivity index (χ3n) is 5.48. The molecule has 2 aromatic carbocycles. The SMILES string of the molecule is CCc1ccc(NC(=O)c2ccc(S(=O)(=O)N3CCCCC3C)cc2)cc1S(N)(=O)=O. The fourth-order valence-electron chi connectivity index (χ4n) is 3.74. The second-order valence-electron chi connectivity index (χ2n) is 7.66. The molecule has 2 aromatic rings. The Balaban J connectivity index is 1.80. The van der Waals surface area contributed by atoms with Crippen LogP contribution < -0.4 is 10.5 Å². The molecule has 1 saturated heterocycles. The minimum Gasteiger partial charge on any atom is -0.322 e. The molecule has 1 heterocycles.